The van der Waals surface area contributed by atoms with E-state index in [0.717, 1.165) is 24.5 Å². The van der Waals surface area contributed by atoms with E-state index in [1.807, 2.05) is 20.2 Å². The van der Waals surface area contributed by atoms with E-state index in [-0.39, 0.29) is 11.3 Å². The molecule has 4 aliphatic rings. The van der Waals surface area contributed by atoms with Crippen LogP contribution in [0, 0.1) is 5.41 Å². The Morgan fingerprint density at radius 2 is 2.07 bits per heavy atom. The summed E-state index contributed by atoms with van der Waals surface area (Å²) in [7, 11) is 3.66. The third-order valence-corrected chi connectivity index (χ3v) is 6.57. The Balaban J connectivity index is 1.29. The van der Waals surface area contributed by atoms with Crippen molar-refractivity contribution in [2.45, 2.75) is 50.5 Å². The lowest BCUT2D eigenvalue weighted by Gasteiger charge is -2.37. The summed E-state index contributed by atoms with van der Waals surface area (Å²) in [6.45, 7) is 0.701. The topological polar surface area (TPSA) is 90.0 Å². The number of aromatic nitrogens is 4. The number of amides is 1. The van der Waals surface area contributed by atoms with E-state index in [1.54, 1.807) is 11.1 Å². The number of rotatable bonds is 5. The zero-order chi connectivity index (χ0) is 19.3. The highest BCUT2D eigenvalue weighted by Gasteiger charge is 2.60. The van der Waals surface area contributed by atoms with Gasteiger partial charge >= 0.3 is 0 Å². The van der Waals surface area contributed by atoms with Crippen molar-refractivity contribution in [1.82, 2.24) is 25.1 Å². The minimum Gasteiger partial charge on any atom is -0.348 e. The Morgan fingerprint density at radius 1 is 1.29 bits per heavy atom. The van der Waals surface area contributed by atoms with Crippen LogP contribution in [0.25, 0.3) is 0 Å². The molecule has 2 aromatic rings. The molecule has 148 valence electrons. The summed E-state index contributed by atoms with van der Waals surface area (Å²) < 4.78 is 0. The van der Waals surface area contributed by atoms with Crippen molar-refractivity contribution in [3.05, 3.63) is 24.0 Å². The number of nitrogens with zero attached hydrogens (tertiary/aromatic N) is 5. The van der Waals surface area contributed by atoms with Crippen LogP contribution in [0.2, 0.25) is 0 Å². The summed E-state index contributed by atoms with van der Waals surface area (Å²) >= 11 is 0. The van der Waals surface area contributed by atoms with E-state index in [2.05, 4.69) is 31.5 Å². The molecule has 1 amide bonds. The summed E-state index contributed by atoms with van der Waals surface area (Å²) in [6, 6.07) is 4.31. The fourth-order valence-electron chi connectivity index (χ4n) is 5.13. The number of hydrogen-bond acceptors (Lipinski definition) is 6. The average Bonchev–Trinajstić information content (AvgIpc) is 3.42. The van der Waals surface area contributed by atoms with Crippen molar-refractivity contribution in [3.8, 4) is 0 Å². The Kier molecular flexibility index (Phi) is 4.03. The SMILES string of the molecule is CN(C)C(=O)C12CC(C1)N(c1nccc(Nc3cc(C4CCCC4)[nH]n3)n1)C2. The molecule has 8 nitrogen and oxygen atoms in total. The second kappa shape index (κ2) is 6.46. The fourth-order valence-corrected chi connectivity index (χ4v) is 5.13. The van der Waals surface area contributed by atoms with E-state index in [1.165, 1.54) is 31.4 Å². The van der Waals surface area contributed by atoms with Gasteiger partial charge < -0.3 is 15.1 Å². The highest BCUT2D eigenvalue weighted by atomic mass is 16.2. The summed E-state index contributed by atoms with van der Waals surface area (Å²) in [5.74, 6) is 3.03. The van der Waals surface area contributed by atoms with Gasteiger partial charge in [0.1, 0.15) is 5.82 Å². The molecular weight excluding hydrogens is 354 g/mol. The number of carbonyl (C=O) groups excluding carboxylic acids is 1. The van der Waals surface area contributed by atoms with Gasteiger partial charge in [-0.05, 0) is 31.7 Å². The first-order valence-electron chi connectivity index (χ1n) is 10.2. The lowest BCUT2D eigenvalue weighted by atomic mass is 9.69. The molecule has 0 atom stereocenters. The van der Waals surface area contributed by atoms with Gasteiger partial charge in [0.15, 0.2) is 5.82 Å². The van der Waals surface area contributed by atoms with Crippen LogP contribution in [0.1, 0.15) is 50.1 Å². The highest BCUT2D eigenvalue weighted by molar-refractivity contribution is 5.86. The van der Waals surface area contributed by atoms with Gasteiger partial charge in [-0.25, -0.2) is 4.98 Å². The van der Waals surface area contributed by atoms with Crippen molar-refractivity contribution in [2.24, 2.45) is 5.41 Å². The van der Waals surface area contributed by atoms with Gasteiger partial charge in [0.25, 0.3) is 0 Å². The first-order valence-corrected chi connectivity index (χ1v) is 10.2. The molecular formula is C20H27N7O. The van der Waals surface area contributed by atoms with Crippen LogP contribution in [-0.4, -0.2) is 57.7 Å². The Labute approximate surface area is 164 Å². The molecule has 28 heavy (non-hydrogen) atoms. The molecule has 0 spiro atoms. The minimum absolute atomic E-state index is 0.219. The zero-order valence-electron chi connectivity index (χ0n) is 16.5. The van der Waals surface area contributed by atoms with E-state index in [4.69, 9.17) is 4.98 Å². The predicted molar refractivity (Wildman–Crippen MR) is 107 cm³/mol. The Hall–Kier alpha value is -2.64. The molecule has 8 heteroatoms. The maximum atomic E-state index is 12.5. The number of nitrogens with one attached hydrogen (secondary N) is 2. The van der Waals surface area contributed by atoms with Gasteiger partial charge in [-0.2, -0.15) is 10.1 Å². The fraction of sp³-hybridized carbons (Fsp3) is 0.600. The second-order valence-electron chi connectivity index (χ2n) is 8.73. The van der Waals surface area contributed by atoms with Crippen molar-refractivity contribution >= 4 is 23.5 Å². The molecule has 2 saturated carbocycles. The number of anilines is 3. The van der Waals surface area contributed by atoms with Gasteiger partial charge in [-0.1, -0.05) is 12.8 Å². The average molecular weight is 381 g/mol. The molecule has 2 N–H and O–H groups in total. The molecule has 2 aromatic heterocycles. The molecule has 2 aliphatic carbocycles. The van der Waals surface area contributed by atoms with Crippen molar-refractivity contribution in [3.63, 3.8) is 0 Å². The number of carbonyl (C=O) groups is 1. The number of fused-ring (bicyclic) bond motifs is 1. The van der Waals surface area contributed by atoms with Crippen LogP contribution in [0.4, 0.5) is 17.6 Å². The van der Waals surface area contributed by atoms with Crippen molar-refractivity contribution in [2.75, 3.05) is 30.9 Å². The van der Waals surface area contributed by atoms with Gasteiger partial charge in [-0.15, -0.1) is 0 Å². The molecule has 0 radical (unpaired) electrons. The highest BCUT2D eigenvalue weighted by Crippen LogP contribution is 2.53. The molecule has 2 aliphatic heterocycles. The van der Waals surface area contributed by atoms with Crippen LogP contribution < -0.4 is 10.2 Å². The van der Waals surface area contributed by atoms with Crippen molar-refractivity contribution < 1.29 is 4.79 Å². The molecule has 4 fully saturated rings. The molecule has 6 rings (SSSR count). The van der Waals surface area contributed by atoms with Crippen molar-refractivity contribution in [1.29, 1.82) is 0 Å². The predicted octanol–water partition coefficient (Wildman–Crippen LogP) is 2.66. The maximum absolute atomic E-state index is 12.5. The van der Waals surface area contributed by atoms with Gasteiger partial charge in [0.2, 0.25) is 11.9 Å². The summed E-state index contributed by atoms with van der Waals surface area (Å²) in [4.78, 5) is 25.6. The normalized spacial score (nSPS) is 26.4. The smallest absolute Gasteiger partial charge is 0.230 e. The first kappa shape index (κ1) is 17.5. The number of H-pyrrole nitrogens is 1. The number of aromatic amines is 1. The summed E-state index contributed by atoms with van der Waals surface area (Å²) in [6.07, 6.45) is 8.65. The molecule has 4 heterocycles. The largest absolute Gasteiger partial charge is 0.348 e. The molecule has 2 saturated heterocycles. The zero-order valence-corrected chi connectivity index (χ0v) is 16.5. The summed E-state index contributed by atoms with van der Waals surface area (Å²) in [5, 5.41) is 10.9. The van der Waals surface area contributed by atoms with E-state index in [9.17, 15) is 4.79 Å². The first-order chi connectivity index (χ1) is 13.5. The molecule has 0 aromatic carbocycles. The molecule has 2 bridgehead atoms. The summed E-state index contributed by atoms with van der Waals surface area (Å²) in [5.41, 5.74) is 0.957. The third-order valence-electron chi connectivity index (χ3n) is 6.57. The minimum atomic E-state index is -0.251. The third kappa shape index (κ3) is 2.82. The lowest BCUT2D eigenvalue weighted by Crippen LogP contribution is -2.46. The maximum Gasteiger partial charge on any atom is 0.230 e. The second-order valence-corrected chi connectivity index (χ2v) is 8.73. The Morgan fingerprint density at radius 3 is 2.82 bits per heavy atom. The monoisotopic (exact) mass is 381 g/mol. The van der Waals surface area contributed by atoms with Crippen LogP contribution in [-0.2, 0) is 4.79 Å². The van der Waals surface area contributed by atoms with Gasteiger partial charge in [0.05, 0.1) is 5.41 Å². The lowest BCUT2D eigenvalue weighted by molar-refractivity contribution is -0.141. The van der Waals surface area contributed by atoms with Crippen LogP contribution in [0.5, 0.6) is 0 Å². The van der Waals surface area contributed by atoms with Crippen LogP contribution >= 0.6 is 0 Å². The quantitative estimate of drug-likeness (QED) is 0.828. The van der Waals surface area contributed by atoms with Crippen LogP contribution in [0.15, 0.2) is 18.3 Å². The molecule has 0 unspecified atom stereocenters. The number of hydrogen-bond donors (Lipinski definition) is 2. The van der Waals surface area contributed by atoms with Crippen LogP contribution in [0.3, 0.4) is 0 Å². The Bertz CT molecular complexity index is 880. The van der Waals surface area contributed by atoms with Gasteiger partial charge in [-0.3, -0.25) is 9.89 Å². The van der Waals surface area contributed by atoms with E-state index >= 15 is 0 Å². The van der Waals surface area contributed by atoms with Gasteiger partial charge in [0, 0.05) is 50.6 Å². The standard InChI is InChI=1S/C20H27N7O/c1-26(2)18(28)20-10-14(11-20)27(12-20)19-21-8-7-16(23-19)22-17-9-15(24-25-17)13-5-3-4-6-13/h7-9,13-14H,3-6,10-12H2,1-2H3,(H2,21,22,23,24,25). The van der Waals surface area contributed by atoms with E-state index in [0.29, 0.717) is 24.5 Å². The van der Waals surface area contributed by atoms with E-state index < -0.39 is 0 Å².